The summed E-state index contributed by atoms with van der Waals surface area (Å²) in [5.41, 5.74) is 6.95. The molecule has 0 unspecified atom stereocenters. The molecule has 0 aliphatic carbocycles. The van der Waals surface area contributed by atoms with Crippen molar-refractivity contribution >= 4 is 28.4 Å². The minimum absolute atomic E-state index is 0.198. The van der Waals surface area contributed by atoms with E-state index in [-0.39, 0.29) is 5.76 Å². The fourth-order valence-corrected chi connectivity index (χ4v) is 4.19. The number of hydrogen-bond donors (Lipinski definition) is 2. The molecule has 1 aliphatic heterocycles. The zero-order valence-electron chi connectivity index (χ0n) is 15.6. The molecule has 1 aliphatic rings. The topological polar surface area (TPSA) is 60.2 Å². The Hall–Kier alpha value is -2.92. The van der Waals surface area contributed by atoms with E-state index >= 15 is 0 Å². The third-order valence-electron chi connectivity index (χ3n) is 5.03. The number of aryl methyl sites for hydroxylation is 3. The summed E-state index contributed by atoms with van der Waals surface area (Å²) in [5, 5.41) is 21.8. The molecule has 0 saturated carbocycles. The van der Waals surface area contributed by atoms with Crippen LogP contribution in [0, 0.1) is 26.2 Å². The van der Waals surface area contributed by atoms with E-state index in [1.54, 1.807) is 0 Å². The Kier molecular flexibility index (Phi) is 4.32. The number of aliphatic hydroxyl groups excluding tert-OH is 1. The maximum atomic E-state index is 10.6. The van der Waals surface area contributed by atoms with Crippen molar-refractivity contribution in [2.24, 2.45) is 0 Å². The monoisotopic (exact) mass is 375 g/mol. The van der Waals surface area contributed by atoms with Crippen molar-refractivity contribution < 1.29 is 5.11 Å². The van der Waals surface area contributed by atoms with E-state index in [0.717, 1.165) is 22.5 Å². The molecule has 0 spiro atoms. The lowest BCUT2D eigenvalue weighted by atomic mass is 10.1. The van der Waals surface area contributed by atoms with Gasteiger partial charge in [0.2, 0.25) is 0 Å². The molecule has 4 rings (SSSR count). The number of nitrogens with one attached hydrogen (secondary N) is 1. The molecule has 2 N–H and O–H groups in total. The van der Waals surface area contributed by atoms with Crippen LogP contribution in [0.3, 0.4) is 0 Å². The highest BCUT2D eigenvalue weighted by atomic mass is 32.1. The highest BCUT2D eigenvalue weighted by Gasteiger charge is 2.31. The summed E-state index contributed by atoms with van der Waals surface area (Å²) in [6.45, 7) is 6.50. The number of amidine groups is 1. The van der Waals surface area contributed by atoms with Crippen LogP contribution in [-0.4, -0.2) is 22.5 Å². The Morgan fingerprint density at radius 1 is 1.04 bits per heavy atom. The predicted molar refractivity (Wildman–Crippen MR) is 113 cm³/mol. The zero-order valence-corrected chi connectivity index (χ0v) is 16.4. The van der Waals surface area contributed by atoms with Crippen molar-refractivity contribution in [3.8, 4) is 11.3 Å². The number of aliphatic hydroxyl groups is 1. The fourth-order valence-electron chi connectivity index (χ4n) is 3.30. The van der Waals surface area contributed by atoms with E-state index in [9.17, 15) is 5.11 Å². The molecule has 0 radical (unpaired) electrons. The number of benzene rings is 2. The molecule has 27 heavy (non-hydrogen) atoms. The Morgan fingerprint density at radius 3 is 2.56 bits per heavy atom. The number of aromatic nitrogens is 1. The summed E-state index contributed by atoms with van der Waals surface area (Å²) in [4.78, 5) is 6.55. The molecule has 2 heterocycles. The van der Waals surface area contributed by atoms with Gasteiger partial charge in [-0.3, -0.25) is 5.41 Å². The maximum absolute atomic E-state index is 10.6. The van der Waals surface area contributed by atoms with Gasteiger partial charge in [-0.25, -0.2) is 4.98 Å². The molecule has 2 aromatic carbocycles. The molecule has 3 aromatic rings. The van der Waals surface area contributed by atoms with Crippen molar-refractivity contribution in [1.29, 1.82) is 5.41 Å². The molecule has 0 fully saturated rings. The largest absolute Gasteiger partial charge is 0.510 e. The van der Waals surface area contributed by atoms with Gasteiger partial charge in [-0.2, -0.15) is 0 Å². The SMILES string of the molecule is Cc1ccc(-c2csc(C3=C(O)CN(c4ccccc4C)C3=N)n2)cc1C. The van der Waals surface area contributed by atoms with Gasteiger partial charge in [-0.1, -0.05) is 30.3 Å². The minimum Gasteiger partial charge on any atom is -0.510 e. The van der Waals surface area contributed by atoms with Crippen molar-refractivity contribution in [2.45, 2.75) is 20.8 Å². The first-order valence-electron chi connectivity index (χ1n) is 8.83. The number of nitrogens with zero attached hydrogens (tertiary/aromatic N) is 2. The van der Waals surface area contributed by atoms with Crippen LogP contribution in [-0.2, 0) is 0 Å². The lowest BCUT2D eigenvalue weighted by Gasteiger charge is -2.20. The first kappa shape index (κ1) is 17.5. The molecule has 4 nitrogen and oxygen atoms in total. The average Bonchev–Trinajstić information content (AvgIpc) is 3.22. The van der Waals surface area contributed by atoms with Gasteiger partial charge < -0.3 is 10.0 Å². The second kappa shape index (κ2) is 6.67. The summed E-state index contributed by atoms with van der Waals surface area (Å²) >= 11 is 1.46. The number of rotatable bonds is 3. The Bertz CT molecular complexity index is 1080. The second-order valence-electron chi connectivity index (χ2n) is 6.88. The fraction of sp³-hybridized carbons (Fsp3) is 0.182. The van der Waals surface area contributed by atoms with Gasteiger partial charge in [0.25, 0.3) is 0 Å². The summed E-state index contributed by atoms with van der Waals surface area (Å²) in [6, 6.07) is 14.2. The van der Waals surface area contributed by atoms with Gasteiger partial charge in [0.05, 0.1) is 17.8 Å². The van der Waals surface area contributed by atoms with E-state index in [2.05, 4.69) is 32.0 Å². The molecule has 0 saturated heterocycles. The molecule has 136 valence electrons. The summed E-state index contributed by atoms with van der Waals surface area (Å²) < 4.78 is 0. The van der Waals surface area contributed by atoms with Crippen LogP contribution >= 0.6 is 11.3 Å². The zero-order chi connectivity index (χ0) is 19.1. The van der Waals surface area contributed by atoms with Gasteiger partial charge >= 0.3 is 0 Å². The van der Waals surface area contributed by atoms with Crippen LogP contribution in [0.25, 0.3) is 16.8 Å². The van der Waals surface area contributed by atoms with Crippen LogP contribution in [0.4, 0.5) is 5.69 Å². The van der Waals surface area contributed by atoms with E-state index in [1.807, 2.05) is 41.5 Å². The molecular weight excluding hydrogens is 354 g/mol. The normalized spacial score (nSPS) is 14.3. The molecule has 5 heteroatoms. The molecule has 0 bridgehead atoms. The number of hydrogen-bond acceptors (Lipinski definition) is 4. The Balaban J connectivity index is 1.67. The standard InChI is InChI=1S/C22H21N3OS/c1-13-8-9-16(10-15(13)3)17-12-27-22(24-17)20-19(26)11-25(21(20)23)18-7-5-4-6-14(18)2/h4-10,12,23,26H,11H2,1-3H3. The lowest BCUT2D eigenvalue weighted by Crippen LogP contribution is -2.26. The van der Waals surface area contributed by atoms with Crippen molar-refractivity contribution in [2.75, 3.05) is 11.4 Å². The summed E-state index contributed by atoms with van der Waals surface area (Å²) in [7, 11) is 0. The van der Waals surface area contributed by atoms with Crippen LogP contribution in [0.1, 0.15) is 21.7 Å². The Morgan fingerprint density at radius 2 is 1.81 bits per heavy atom. The third-order valence-corrected chi connectivity index (χ3v) is 5.89. The second-order valence-corrected chi connectivity index (χ2v) is 7.74. The van der Waals surface area contributed by atoms with Gasteiger partial charge in [0.1, 0.15) is 16.6 Å². The summed E-state index contributed by atoms with van der Waals surface area (Å²) in [6.07, 6.45) is 0. The molecule has 1 aromatic heterocycles. The van der Waals surface area contributed by atoms with E-state index in [1.165, 1.54) is 22.5 Å². The van der Waals surface area contributed by atoms with E-state index < -0.39 is 0 Å². The highest BCUT2D eigenvalue weighted by Crippen LogP contribution is 2.35. The summed E-state index contributed by atoms with van der Waals surface area (Å²) in [5.74, 6) is 0.493. The quantitative estimate of drug-likeness (QED) is 0.635. The van der Waals surface area contributed by atoms with Gasteiger partial charge in [0.15, 0.2) is 0 Å². The third kappa shape index (κ3) is 3.04. The van der Waals surface area contributed by atoms with Crippen molar-refractivity contribution in [3.63, 3.8) is 0 Å². The van der Waals surface area contributed by atoms with Gasteiger partial charge in [0, 0.05) is 16.6 Å². The highest BCUT2D eigenvalue weighted by molar-refractivity contribution is 7.11. The maximum Gasteiger partial charge on any atom is 0.139 e. The smallest absolute Gasteiger partial charge is 0.139 e. The predicted octanol–water partition coefficient (Wildman–Crippen LogP) is 5.50. The van der Waals surface area contributed by atoms with Crippen LogP contribution in [0.2, 0.25) is 0 Å². The number of anilines is 1. The first-order chi connectivity index (χ1) is 13.0. The van der Waals surface area contributed by atoms with Crippen molar-refractivity contribution in [1.82, 2.24) is 4.98 Å². The van der Waals surface area contributed by atoms with Crippen molar-refractivity contribution in [3.05, 3.63) is 75.3 Å². The number of thiazole rings is 1. The van der Waals surface area contributed by atoms with Crippen LogP contribution < -0.4 is 4.90 Å². The minimum atomic E-state index is 0.198. The lowest BCUT2D eigenvalue weighted by molar-refractivity contribution is 0.411. The number of para-hydroxylation sites is 1. The van der Waals surface area contributed by atoms with Crippen LogP contribution in [0.5, 0.6) is 0 Å². The van der Waals surface area contributed by atoms with Crippen LogP contribution in [0.15, 0.2) is 53.6 Å². The first-order valence-corrected chi connectivity index (χ1v) is 9.71. The Labute approximate surface area is 163 Å². The molecule has 0 amide bonds. The average molecular weight is 375 g/mol. The van der Waals surface area contributed by atoms with E-state index in [0.29, 0.717) is 23.0 Å². The van der Waals surface area contributed by atoms with Gasteiger partial charge in [-0.15, -0.1) is 11.3 Å². The molecular formula is C22H21N3OS. The van der Waals surface area contributed by atoms with E-state index in [4.69, 9.17) is 10.4 Å². The molecule has 0 atom stereocenters. The van der Waals surface area contributed by atoms with Gasteiger partial charge in [-0.05, 0) is 49.6 Å².